The molecule has 4 aromatic rings. The van der Waals surface area contributed by atoms with Crippen molar-refractivity contribution < 1.29 is 0 Å². The zero-order valence-electron chi connectivity index (χ0n) is 17.8. The summed E-state index contributed by atoms with van der Waals surface area (Å²) in [5, 5.41) is 6.05. The molecule has 0 amide bonds. The van der Waals surface area contributed by atoms with Crippen molar-refractivity contribution in [3.05, 3.63) is 82.6 Å². The minimum absolute atomic E-state index is 0.738. The van der Waals surface area contributed by atoms with Crippen LogP contribution in [0.3, 0.4) is 0 Å². The Morgan fingerprint density at radius 2 is 1.65 bits per heavy atom. The second-order valence-corrected chi connectivity index (χ2v) is 8.56. The molecular formula is C25H27N5S. The van der Waals surface area contributed by atoms with Gasteiger partial charge in [0, 0.05) is 38.1 Å². The van der Waals surface area contributed by atoms with E-state index in [1.54, 1.807) is 0 Å². The van der Waals surface area contributed by atoms with E-state index in [0.29, 0.717) is 0 Å². The van der Waals surface area contributed by atoms with E-state index < -0.39 is 0 Å². The highest BCUT2D eigenvalue weighted by Gasteiger charge is 2.18. The number of piperazine rings is 1. The van der Waals surface area contributed by atoms with Crippen LogP contribution in [-0.2, 0) is 6.67 Å². The van der Waals surface area contributed by atoms with Crippen LogP contribution in [0.4, 0.5) is 0 Å². The zero-order valence-corrected chi connectivity index (χ0v) is 18.6. The fraction of sp³-hybridized carbons (Fsp3) is 0.280. The largest absolute Gasteiger partial charge is 0.297 e. The van der Waals surface area contributed by atoms with E-state index in [9.17, 15) is 0 Å². The lowest BCUT2D eigenvalue weighted by Gasteiger charge is -2.33. The molecule has 1 aliphatic heterocycles. The maximum absolute atomic E-state index is 5.81. The highest BCUT2D eigenvalue weighted by atomic mass is 32.1. The van der Waals surface area contributed by atoms with Gasteiger partial charge in [0.05, 0.1) is 12.2 Å². The van der Waals surface area contributed by atoms with E-state index in [1.165, 1.54) is 16.5 Å². The first-order valence-corrected chi connectivity index (χ1v) is 11.2. The third-order valence-corrected chi connectivity index (χ3v) is 6.45. The first-order chi connectivity index (χ1) is 15.2. The number of pyridine rings is 1. The van der Waals surface area contributed by atoms with Crippen molar-refractivity contribution in [2.75, 3.05) is 32.7 Å². The number of nitrogens with zero attached hydrogens (tertiary/aromatic N) is 5. The smallest absolute Gasteiger partial charge is 0.204 e. The Kier molecular flexibility index (Phi) is 5.68. The summed E-state index contributed by atoms with van der Waals surface area (Å²) in [6.45, 7) is 8.02. The molecule has 0 radical (unpaired) electrons. The van der Waals surface area contributed by atoms with Crippen LogP contribution in [-0.4, -0.2) is 56.7 Å². The number of fused-ring (bicyclic) bond motifs is 3. The lowest BCUT2D eigenvalue weighted by molar-refractivity contribution is 0.110. The van der Waals surface area contributed by atoms with Crippen LogP contribution in [0, 0.1) is 11.7 Å². The molecule has 2 aromatic carbocycles. The summed E-state index contributed by atoms with van der Waals surface area (Å²) in [6, 6.07) is 21.0. The van der Waals surface area contributed by atoms with Crippen molar-refractivity contribution in [3.63, 3.8) is 0 Å². The molecule has 5 rings (SSSR count). The molecule has 3 heterocycles. The molecule has 0 N–H and O–H groups in total. The number of aryl methyl sites for hydroxylation is 1. The van der Waals surface area contributed by atoms with Crippen molar-refractivity contribution >= 4 is 34.8 Å². The Hall–Kier alpha value is -2.80. The SMILES string of the molecule is Cc1cc2nn(CN3CCN(C/C=C/c4ccccc4)CC3)c(=S)n2c2ccccc12. The zero-order chi connectivity index (χ0) is 21.2. The number of rotatable bonds is 5. The summed E-state index contributed by atoms with van der Waals surface area (Å²) in [6.07, 6.45) is 4.46. The van der Waals surface area contributed by atoms with Crippen LogP contribution < -0.4 is 0 Å². The van der Waals surface area contributed by atoms with E-state index >= 15 is 0 Å². The molecule has 1 aliphatic rings. The molecule has 2 aromatic heterocycles. The highest BCUT2D eigenvalue weighted by Crippen LogP contribution is 2.21. The number of para-hydroxylation sites is 1. The average Bonchev–Trinajstić information content (AvgIpc) is 3.11. The summed E-state index contributed by atoms with van der Waals surface area (Å²) < 4.78 is 4.84. The minimum atomic E-state index is 0.738. The Bertz CT molecular complexity index is 1280. The van der Waals surface area contributed by atoms with Crippen molar-refractivity contribution in [3.8, 4) is 0 Å². The van der Waals surface area contributed by atoms with Gasteiger partial charge in [-0.1, -0.05) is 60.7 Å². The normalized spacial score (nSPS) is 16.0. The summed E-state index contributed by atoms with van der Waals surface area (Å²) in [7, 11) is 0. The van der Waals surface area contributed by atoms with Gasteiger partial charge in [-0.25, -0.2) is 4.68 Å². The Morgan fingerprint density at radius 3 is 2.45 bits per heavy atom. The highest BCUT2D eigenvalue weighted by molar-refractivity contribution is 7.71. The first kappa shape index (κ1) is 20.1. The maximum atomic E-state index is 5.81. The molecule has 6 heteroatoms. The van der Waals surface area contributed by atoms with Crippen molar-refractivity contribution in [2.45, 2.75) is 13.6 Å². The second-order valence-electron chi connectivity index (χ2n) is 8.19. The summed E-state index contributed by atoms with van der Waals surface area (Å²) in [4.78, 5) is 4.93. The fourth-order valence-electron chi connectivity index (χ4n) is 4.31. The van der Waals surface area contributed by atoms with Gasteiger partial charge in [0.15, 0.2) is 5.65 Å². The standard InChI is InChI=1S/C25H27N5S/c1-20-18-24-26-29(25(31)30(24)23-12-6-5-11-22(20)23)19-28-16-14-27(15-17-28)13-7-10-21-8-3-2-4-9-21/h2-12,18H,13-17,19H2,1H3/b10-7+. The van der Waals surface area contributed by atoms with Crippen LogP contribution in [0.25, 0.3) is 22.6 Å². The molecule has 0 saturated carbocycles. The molecule has 0 aliphatic carbocycles. The first-order valence-electron chi connectivity index (χ1n) is 10.8. The number of hydrogen-bond acceptors (Lipinski definition) is 4. The van der Waals surface area contributed by atoms with Crippen molar-refractivity contribution in [1.82, 2.24) is 24.0 Å². The second kappa shape index (κ2) is 8.75. The number of hydrogen-bond donors (Lipinski definition) is 0. The van der Waals surface area contributed by atoms with Gasteiger partial charge in [-0.05, 0) is 42.4 Å². The van der Waals surface area contributed by atoms with Crippen LogP contribution in [0.5, 0.6) is 0 Å². The molecule has 31 heavy (non-hydrogen) atoms. The van der Waals surface area contributed by atoms with E-state index in [0.717, 1.165) is 55.3 Å². The quantitative estimate of drug-likeness (QED) is 0.433. The van der Waals surface area contributed by atoms with Crippen molar-refractivity contribution in [1.29, 1.82) is 0 Å². The average molecular weight is 430 g/mol. The summed E-state index contributed by atoms with van der Waals surface area (Å²) in [5.74, 6) is 0. The molecular weight excluding hydrogens is 402 g/mol. The Labute approximate surface area is 187 Å². The summed E-state index contributed by atoms with van der Waals surface area (Å²) in [5.41, 5.74) is 4.53. The molecule has 0 spiro atoms. The van der Waals surface area contributed by atoms with Gasteiger partial charge in [-0.2, -0.15) is 5.10 Å². The molecule has 158 valence electrons. The molecule has 0 unspecified atom stereocenters. The molecule has 0 atom stereocenters. The third kappa shape index (κ3) is 4.19. The third-order valence-electron chi connectivity index (χ3n) is 6.05. The minimum Gasteiger partial charge on any atom is -0.297 e. The van der Waals surface area contributed by atoms with Gasteiger partial charge in [0.2, 0.25) is 4.77 Å². The molecule has 1 fully saturated rings. The van der Waals surface area contributed by atoms with Gasteiger partial charge in [-0.3, -0.25) is 14.2 Å². The van der Waals surface area contributed by atoms with Crippen LogP contribution >= 0.6 is 12.2 Å². The maximum Gasteiger partial charge on any atom is 0.204 e. The Morgan fingerprint density at radius 1 is 0.935 bits per heavy atom. The van der Waals surface area contributed by atoms with Crippen molar-refractivity contribution in [2.24, 2.45) is 0 Å². The topological polar surface area (TPSA) is 28.7 Å². The Balaban J connectivity index is 1.25. The van der Waals surface area contributed by atoms with Gasteiger partial charge in [0.25, 0.3) is 0 Å². The molecule has 5 nitrogen and oxygen atoms in total. The van der Waals surface area contributed by atoms with E-state index in [1.807, 2.05) is 4.68 Å². The van der Waals surface area contributed by atoms with Gasteiger partial charge < -0.3 is 0 Å². The van der Waals surface area contributed by atoms with E-state index in [2.05, 4.69) is 93.9 Å². The molecule has 1 saturated heterocycles. The predicted octanol–water partition coefficient (Wildman–Crippen LogP) is 4.62. The van der Waals surface area contributed by atoms with E-state index in [-0.39, 0.29) is 0 Å². The van der Waals surface area contributed by atoms with Crippen LogP contribution in [0.1, 0.15) is 11.1 Å². The number of benzene rings is 2. The van der Waals surface area contributed by atoms with Gasteiger partial charge in [0.1, 0.15) is 0 Å². The van der Waals surface area contributed by atoms with Crippen LogP contribution in [0.15, 0.2) is 66.7 Å². The monoisotopic (exact) mass is 429 g/mol. The number of aromatic nitrogens is 3. The predicted molar refractivity (Wildman–Crippen MR) is 130 cm³/mol. The van der Waals surface area contributed by atoms with Crippen LogP contribution in [0.2, 0.25) is 0 Å². The van der Waals surface area contributed by atoms with Gasteiger partial charge >= 0.3 is 0 Å². The lowest BCUT2D eigenvalue weighted by atomic mass is 10.1. The summed E-state index contributed by atoms with van der Waals surface area (Å²) >= 11 is 5.81. The van der Waals surface area contributed by atoms with E-state index in [4.69, 9.17) is 17.3 Å². The van der Waals surface area contributed by atoms with Gasteiger partial charge in [-0.15, -0.1) is 0 Å². The molecule has 0 bridgehead atoms. The lowest BCUT2D eigenvalue weighted by Crippen LogP contribution is -2.46. The fourth-order valence-corrected chi connectivity index (χ4v) is 4.61.